The number of hydrogen-bond donors (Lipinski definition) is 0. The van der Waals surface area contributed by atoms with E-state index in [1.54, 1.807) is 18.7 Å². The van der Waals surface area contributed by atoms with E-state index in [4.69, 9.17) is 9.78 Å². The fourth-order valence-electron chi connectivity index (χ4n) is 3.03. The second kappa shape index (κ2) is 8.42. The summed E-state index contributed by atoms with van der Waals surface area (Å²) in [7, 11) is 0. The SMILES string of the molecule is CC(=O)N(Cc1noc(C)n1)[C@H]1CCN(C[C@H](C#N)CCC#N)C1. The van der Waals surface area contributed by atoms with Gasteiger partial charge < -0.3 is 9.42 Å². The van der Waals surface area contributed by atoms with Crippen LogP contribution in [0, 0.1) is 35.5 Å². The molecule has 1 aromatic rings. The van der Waals surface area contributed by atoms with E-state index in [0.29, 0.717) is 37.6 Å². The quantitative estimate of drug-likeness (QED) is 0.739. The molecule has 0 spiro atoms. The van der Waals surface area contributed by atoms with E-state index >= 15 is 0 Å². The first-order valence-corrected chi connectivity index (χ1v) is 8.08. The minimum atomic E-state index is -0.144. The molecule has 24 heavy (non-hydrogen) atoms. The van der Waals surface area contributed by atoms with Gasteiger partial charge in [-0.2, -0.15) is 15.5 Å². The number of aromatic nitrogens is 2. The Kier molecular flexibility index (Phi) is 6.28. The molecule has 0 aromatic carbocycles. The zero-order chi connectivity index (χ0) is 17.5. The van der Waals surface area contributed by atoms with E-state index < -0.39 is 0 Å². The van der Waals surface area contributed by atoms with Crippen molar-refractivity contribution in [1.82, 2.24) is 19.9 Å². The highest BCUT2D eigenvalue weighted by molar-refractivity contribution is 5.73. The normalized spacial score (nSPS) is 18.8. The summed E-state index contributed by atoms with van der Waals surface area (Å²) in [5.74, 6) is 0.820. The summed E-state index contributed by atoms with van der Waals surface area (Å²) in [6, 6.07) is 4.43. The van der Waals surface area contributed by atoms with Gasteiger partial charge in [0.1, 0.15) is 0 Å². The van der Waals surface area contributed by atoms with Crippen LogP contribution in [0.15, 0.2) is 4.52 Å². The molecule has 1 amide bonds. The number of rotatable bonds is 7. The molecule has 0 bridgehead atoms. The molecule has 1 aliphatic heterocycles. The number of hydrogen-bond acceptors (Lipinski definition) is 7. The lowest BCUT2D eigenvalue weighted by Gasteiger charge is -2.27. The number of carbonyl (C=O) groups excluding carboxylic acids is 1. The summed E-state index contributed by atoms with van der Waals surface area (Å²) in [5.41, 5.74) is 0. The highest BCUT2D eigenvalue weighted by atomic mass is 16.5. The number of aryl methyl sites for hydroxylation is 1. The summed E-state index contributed by atoms with van der Waals surface area (Å²) in [6.45, 7) is 5.80. The van der Waals surface area contributed by atoms with Gasteiger partial charge in [-0.15, -0.1) is 0 Å². The lowest BCUT2D eigenvalue weighted by molar-refractivity contribution is -0.131. The molecule has 128 valence electrons. The van der Waals surface area contributed by atoms with Crippen LogP contribution in [0.1, 0.15) is 37.9 Å². The molecule has 0 saturated carbocycles. The standard InChI is InChI=1S/C16H22N6O2/c1-12-19-16(20-24-12)11-22(13(2)23)15-5-7-21(10-15)9-14(8-18)4-3-6-17/h14-15H,3-5,7,9-11H2,1-2H3/t14-,15-/m0/s1. The summed E-state index contributed by atoms with van der Waals surface area (Å²) in [5, 5.41) is 21.7. The van der Waals surface area contributed by atoms with Gasteiger partial charge in [0.25, 0.3) is 0 Å². The van der Waals surface area contributed by atoms with Crippen LogP contribution in [0.2, 0.25) is 0 Å². The molecule has 1 fully saturated rings. The fraction of sp³-hybridized carbons (Fsp3) is 0.688. The summed E-state index contributed by atoms with van der Waals surface area (Å²) >= 11 is 0. The van der Waals surface area contributed by atoms with Gasteiger partial charge in [-0.05, 0) is 12.8 Å². The van der Waals surface area contributed by atoms with Gasteiger partial charge in [0, 0.05) is 45.9 Å². The van der Waals surface area contributed by atoms with E-state index in [1.165, 1.54) is 0 Å². The Morgan fingerprint density at radius 3 is 2.92 bits per heavy atom. The lowest BCUT2D eigenvalue weighted by Crippen LogP contribution is -2.41. The van der Waals surface area contributed by atoms with Gasteiger partial charge >= 0.3 is 0 Å². The maximum Gasteiger partial charge on any atom is 0.223 e. The monoisotopic (exact) mass is 330 g/mol. The zero-order valence-corrected chi connectivity index (χ0v) is 14.1. The average molecular weight is 330 g/mol. The van der Waals surface area contributed by atoms with E-state index in [1.807, 2.05) is 0 Å². The van der Waals surface area contributed by atoms with E-state index in [-0.39, 0.29) is 17.9 Å². The van der Waals surface area contributed by atoms with Crippen LogP contribution in [0.25, 0.3) is 0 Å². The molecule has 1 aliphatic rings. The number of nitrogens with zero attached hydrogens (tertiary/aromatic N) is 6. The van der Waals surface area contributed by atoms with Gasteiger partial charge in [0.2, 0.25) is 11.8 Å². The molecule has 0 aliphatic carbocycles. The van der Waals surface area contributed by atoms with Crippen LogP contribution in [0.5, 0.6) is 0 Å². The highest BCUT2D eigenvalue weighted by Gasteiger charge is 2.31. The molecule has 8 nitrogen and oxygen atoms in total. The Bertz CT molecular complexity index is 644. The van der Waals surface area contributed by atoms with Gasteiger partial charge in [0.15, 0.2) is 5.82 Å². The average Bonchev–Trinajstić information content (AvgIpc) is 3.17. The number of nitriles is 2. The molecule has 0 radical (unpaired) electrons. The maximum atomic E-state index is 12.0. The molecule has 0 N–H and O–H groups in total. The number of carbonyl (C=O) groups is 1. The third-order valence-corrected chi connectivity index (χ3v) is 4.24. The van der Waals surface area contributed by atoms with Crippen molar-refractivity contribution in [2.24, 2.45) is 5.92 Å². The Balaban J connectivity index is 1.92. The second-order valence-electron chi connectivity index (χ2n) is 6.10. The summed E-state index contributed by atoms with van der Waals surface area (Å²) < 4.78 is 4.96. The fourth-order valence-corrected chi connectivity index (χ4v) is 3.03. The minimum Gasteiger partial charge on any atom is -0.340 e. The van der Waals surface area contributed by atoms with Crippen LogP contribution < -0.4 is 0 Å². The Morgan fingerprint density at radius 2 is 2.33 bits per heavy atom. The lowest BCUT2D eigenvalue weighted by atomic mass is 10.1. The molecule has 1 saturated heterocycles. The number of amides is 1. The first-order chi connectivity index (χ1) is 11.5. The van der Waals surface area contributed by atoms with Gasteiger partial charge in [-0.3, -0.25) is 9.69 Å². The smallest absolute Gasteiger partial charge is 0.223 e. The van der Waals surface area contributed by atoms with E-state index in [0.717, 1.165) is 19.5 Å². The molecule has 2 atom stereocenters. The van der Waals surface area contributed by atoms with Crippen LogP contribution in [0.3, 0.4) is 0 Å². The molecule has 1 aromatic heterocycles. The van der Waals surface area contributed by atoms with Crippen LogP contribution in [0.4, 0.5) is 0 Å². The van der Waals surface area contributed by atoms with Crippen molar-refractivity contribution < 1.29 is 9.32 Å². The van der Waals surface area contributed by atoms with Crippen molar-refractivity contribution >= 4 is 5.91 Å². The van der Waals surface area contributed by atoms with Crippen molar-refractivity contribution in [1.29, 1.82) is 10.5 Å². The molecular formula is C16H22N6O2. The summed E-state index contributed by atoms with van der Waals surface area (Å²) in [6.07, 6.45) is 1.84. The van der Waals surface area contributed by atoms with E-state index in [2.05, 4.69) is 27.2 Å². The van der Waals surface area contributed by atoms with Gasteiger partial charge in [0.05, 0.1) is 24.6 Å². The minimum absolute atomic E-state index is 0.0226. The molecule has 0 unspecified atom stereocenters. The largest absolute Gasteiger partial charge is 0.340 e. The zero-order valence-electron chi connectivity index (χ0n) is 14.1. The maximum absolute atomic E-state index is 12.0. The molecular weight excluding hydrogens is 308 g/mol. The third kappa shape index (κ3) is 4.77. The molecule has 2 heterocycles. The first-order valence-electron chi connectivity index (χ1n) is 8.08. The molecule has 8 heteroatoms. The van der Waals surface area contributed by atoms with Crippen molar-refractivity contribution in [3.63, 3.8) is 0 Å². The number of likely N-dealkylation sites (tertiary alicyclic amines) is 1. The predicted octanol–water partition coefficient (Wildman–Crippen LogP) is 1.24. The van der Waals surface area contributed by atoms with Crippen molar-refractivity contribution in [3.05, 3.63) is 11.7 Å². The first kappa shape index (κ1) is 17.9. The highest BCUT2D eigenvalue weighted by Crippen LogP contribution is 2.20. The molecule has 2 rings (SSSR count). The van der Waals surface area contributed by atoms with Crippen molar-refractivity contribution in [2.75, 3.05) is 19.6 Å². The van der Waals surface area contributed by atoms with Crippen LogP contribution >= 0.6 is 0 Å². The topological polar surface area (TPSA) is 110 Å². The summed E-state index contributed by atoms with van der Waals surface area (Å²) in [4.78, 5) is 20.1. The van der Waals surface area contributed by atoms with Crippen molar-refractivity contribution in [3.8, 4) is 12.1 Å². The van der Waals surface area contributed by atoms with Gasteiger partial charge in [-0.25, -0.2) is 0 Å². The van der Waals surface area contributed by atoms with Crippen molar-refractivity contribution in [2.45, 2.75) is 45.7 Å². The van der Waals surface area contributed by atoms with Crippen LogP contribution in [-0.4, -0.2) is 51.5 Å². The van der Waals surface area contributed by atoms with E-state index in [9.17, 15) is 10.1 Å². The van der Waals surface area contributed by atoms with Gasteiger partial charge in [-0.1, -0.05) is 5.16 Å². The second-order valence-corrected chi connectivity index (χ2v) is 6.10. The Hall–Kier alpha value is -2.45. The Labute approximate surface area is 141 Å². The Morgan fingerprint density at radius 1 is 1.54 bits per heavy atom. The third-order valence-electron chi connectivity index (χ3n) is 4.24. The van der Waals surface area contributed by atoms with Crippen LogP contribution in [-0.2, 0) is 11.3 Å². The predicted molar refractivity (Wildman–Crippen MR) is 84.1 cm³/mol.